The number of rotatable bonds is 3. The van der Waals surface area contributed by atoms with E-state index in [1.165, 1.54) is 44.7 Å². The van der Waals surface area contributed by atoms with Crippen molar-refractivity contribution in [2.24, 2.45) is 11.8 Å². The molecule has 4 rings (SSSR count). The first-order valence-electron chi connectivity index (χ1n) is 10.1. The normalized spacial score (nSPS) is 31.6. The van der Waals surface area contributed by atoms with E-state index in [-0.39, 0.29) is 11.5 Å². The van der Waals surface area contributed by atoms with Gasteiger partial charge in [0.25, 0.3) is 5.91 Å². The molecular formula is C21H28F2N2O. The molecule has 1 aromatic rings. The second kappa shape index (κ2) is 7.26. The summed E-state index contributed by atoms with van der Waals surface area (Å²) >= 11 is 0. The van der Waals surface area contributed by atoms with Gasteiger partial charge in [0.2, 0.25) is 0 Å². The Labute approximate surface area is 154 Å². The van der Waals surface area contributed by atoms with Gasteiger partial charge >= 0.3 is 0 Å². The molecule has 4 atom stereocenters. The summed E-state index contributed by atoms with van der Waals surface area (Å²) in [5, 5.41) is 0. The summed E-state index contributed by atoms with van der Waals surface area (Å²) in [6.07, 6.45) is 7.33. The molecule has 3 nitrogen and oxygen atoms in total. The average molecular weight is 362 g/mol. The van der Waals surface area contributed by atoms with E-state index in [0.29, 0.717) is 23.9 Å². The van der Waals surface area contributed by atoms with Gasteiger partial charge in [0.05, 0.1) is 0 Å². The molecule has 3 fully saturated rings. The van der Waals surface area contributed by atoms with Crippen molar-refractivity contribution >= 4 is 5.91 Å². The number of hydrogen-bond acceptors (Lipinski definition) is 2. The lowest BCUT2D eigenvalue weighted by Crippen LogP contribution is -2.64. The van der Waals surface area contributed by atoms with E-state index in [9.17, 15) is 13.6 Å². The molecule has 3 heterocycles. The molecule has 3 saturated heterocycles. The Balaban J connectivity index is 1.57. The first-order chi connectivity index (χ1) is 12.6. The highest BCUT2D eigenvalue weighted by Crippen LogP contribution is 2.42. The molecule has 26 heavy (non-hydrogen) atoms. The van der Waals surface area contributed by atoms with E-state index < -0.39 is 11.6 Å². The molecule has 0 N–H and O–H groups in total. The minimum atomic E-state index is -0.949. The zero-order chi connectivity index (χ0) is 18.3. The quantitative estimate of drug-likeness (QED) is 0.809. The molecule has 0 unspecified atom stereocenters. The van der Waals surface area contributed by atoms with Crippen molar-refractivity contribution in [1.82, 2.24) is 9.80 Å². The zero-order valence-electron chi connectivity index (χ0n) is 15.5. The minimum absolute atomic E-state index is 0.155. The lowest BCUT2D eigenvalue weighted by atomic mass is 9.71. The largest absolute Gasteiger partial charge is 0.338 e. The highest BCUT2D eigenvalue weighted by Gasteiger charge is 2.47. The molecule has 142 valence electrons. The Hall–Kier alpha value is -1.49. The molecule has 0 radical (unpaired) electrons. The second-order valence-corrected chi connectivity index (χ2v) is 8.25. The number of benzene rings is 1. The first kappa shape index (κ1) is 17.9. The van der Waals surface area contributed by atoms with Gasteiger partial charge in [0, 0.05) is 30.7 Å². The van der Waals surface area contributed by atoms with Crippen molar-refractivity contribution in [2.45, 2.75) is 57.5 Å². The van der Waals surface area contributed by atoms with E-state index >= 15 is 0 Å². The van der Waals surface area contributed by atoms with Gasteiger partial charge < -0.3 is 4.90 Å². The summed E-state index contributed by atoms with van der Waals surface area (Å²) in [4.78, 5) is 17.6. The average Bonchev–Trinajstić information content (AvgIpc) is 2.66. The summed E-state index contributed by atoms with van der Waals surface area (Å²) in [5.74, 6) is -1.000. The fraction of sp³-hybridized carbons (Fsp3) is 0.667. The Morgan fingerprint density at radius 3 is 2.73 bits per heavy atom. The molecule has 0 spiro atoms. The predicted octanol–water partition coefficient (Wildman–Crippen LogP) is 4.08. The Bertz CT molecular complexity index is 680. The smallest absolute Gasteiger partial charge is 0.253 e. The van der Waals surface area contributed by atoms with Crippen LogP contribution in [0.5, 0.6) is 0 Å². The molecule has 0 aliphatic carbocycles. The monoisotopic (exact) mass is 362 g/mol. The van der Waals surface area contributed by atoms with Crippen molar-refractivity contribution < 1.29 is 13.6 Å². The van der Waals surface area contributed by atoms with Crippen LogP contribution in [0.1, 0.15) is 55.8 Å². The maximum Gasteiger partial charge on any atom is 0.253 e. The minimum Gasteiger partial charge on any atom is -0.338 e. The van der Waals surface area contributed by atoms with Crippen molar-refractivity contribution in [3.05, 3.63) is 35.4 Å². The van der Waals surface area contributed by atoms with Gasteiger partial charge in [-0.1, -0.05) is 19.8 Å². The van der Waals surface area contributed by atoms with Crippen LogP contribution in [-0.2, 0) is 0 Å². The molecule has 3 aliphatic rings. The van der Waals surface area contributed by atoms with E-state index in [4.69, 9.17) is 0 Å². The third-order valence-corrected chi connectivity index (χ3v) is 6.66. The van der Waals surface area contributed by atoms with Crippen LogP contribution >= 0.6 is 0 Å². The maximum absolute atomic E-state index is 13.6. The molecule has 0 aromatic heterocycles. The maximum atomic E-state index is 13.6. The van der Waals surface area contributed by atoms with Crippen LogP contribution in [-0.4, -0.2) is 47.4 Å². The molecule has 0 saturated carbocycles. The van der Waals surface area contributed by atoms with Crippen LogP contribution in [0, 0.1) is 23.5 Å². The summed E-state index contributed by atoms with van der Waals surface area (Å²) in [7, 11) is 0. The van der Waals surface area contributed by atoms with E-state index in [1.807, 2.05) is 4.90 Å². The third-order valence-electron chi connectivity index (χ3n) is 6.66. The van der Waals surface area contributed by atoms with Gasteiger partial charge in [-0.2, -0.15) is 0 Å². The standard InChI is InChI=1S/C21H28F2N2O/c1-2-5-19-15-10-16(20-6-3-4-9-25(19)20)13-24(12-15)21(26)14-7-8-17(22)18(23)11-14/h7-8,11,15-16,19-20H,2-6,9-10,12-13H2,1H3/t15-,16+,19-,20-/m0/s1. The van der Waals surface area contributed by atoms with Crippen LogP contribution in [0.15, 0.2) is 18.2 Å². The van der Waals surface area contributed by atoms with E-state index in [2.05, 4.69) is 11.8 Å². The lowest BCUT2D eigenvalue weighted by Gasteiger charge is -2.57. The summed E-state index contributed by atoms with van der Waals surface area (Å²) in [6, 6.07) is 4.63. The second-order valence-electron chi connectivity index (χ2n) is 8.25. The van der Waals surface area contributed by atoms with Crippen LogP contribution in [0.3, 0.4) is 0 Å². The van der Waals surface area contributed by atoms with Crippen molar-refractivity contribution in [3.8, 4) is 0 Å². The number of halogens is 2. The van der Waals surface area contributed by atoms with Crippen molar-refractivity contribution in [3.63, 3.8) is 0 Å². The van der Waals surface area contributed by atoms with Gasteiger partial charge in [-0.3, -0.25) is 9.69 Å². The number of piperidine rings is 3. The van der Waals surface area contributed by atoms with E-state index in [1.54, 1.807) is 0 Å². The summed E-state index contributed by atoms with van der Waals surface area (Å²) in [5.41, 5.74) is 0.261. The Morgan fingerprint density at radius 1 is 1.15 bits per heavy atom. The molecule has 2 bridgehead atoms. The molecular weight excluding hydrogens is 334 g/mol. The topological polar surface area (TPSA) is 23.6 Å². The van der Waals surface area contributed by atoms with Crippen molar-refractivity contribution in [1.29, 1.82) is 0 Å². The Morgan fingerprint density at radius 2 is 1.96 bits per heavy atom. The van der Waals surface area contributed by atoms with Gasteiger partial charge in [0.1, 0.15) is 0 Å². The van der Waals surface area contributed by atoms with Gasteiger partial charge in [0.15, 0.2) is 11.6 Å². The molecule has 3 aliphatic heterocycles. The van der Waals surface area contributed by atoms with E-state index in [0.717, 1.165) is 31.6 Å². The van der Waals surface area contributed by atoms with Crippen LogP contribution in [0.4, 0.5) is 8.78 Å². The molecule has 1 aromatic carbocycles. The zero-order valence-corrected chi connectivity index (χ0v) is 15.5. The molecule has 5 heteroatoms. The van der Waals surface area contributed by atoms with Crippen molar-refractivity contribution in [2.75, 3.05) is 19.6 Å². The van der Waals surface area contributed by atoms with Crippen LogP contribution < -0.4 is 0 Å². The lowest BCUT2D eigenvalue weighted by molar-refractivity contribution is -0.0670. The third kappa shape index (κ3) is 3.15. The SMILES string of the molecule is CCC[C@H]1[C@H]2C[C@H](CN(C(=O)c3ccc(F)c(F)c3)C2)[C@@H]2CCCCN21. The predicted molar refractivity (Wildman–Crippen MR) is 96.9 cm³/mol. The number of hydrogen-bond donors (Lipinski definition) is 0. The van der Waals surface area contributed by atoms with Crippen LogP contribution in [0.2, 0.25) is 0 Å². The van der Waals surface area contributed by atoms with Gasteiger partial charge in [-0.25, -0.2) is 8.78 Å². The first-order valence-corrected chi connectivity index (χ1v) is 10.1. The fourth-order valence-corrected chi connectivity index (χ4v) is 5.58. The highest BCUT2D eigenvalue weighted by molar-refractivity contribution is 5.94. The summed E-state index contributed by atoms with van der Waals surface area (Å²) in [6.45, 7) is 4.91. The van der Waals surface area contributed by atoms with Gasteiger partial charge in [-0.15, -0.1) is 0 Å². The number of carbonyl (C=O) groups excluding carboxylic acids is 1. The van der Waals surface area contributed by atoms with Gasteiger partial charge in [-0.05, 0) is 62.3 Å². The number of carbonyl (C=O) groups is 1. The highest BCUT2D eigenvalue weighted by atomic mass is 19.2. The Kier molecular flexibility index (Phi) is 5.00. The van der Waals surface area contributed by atoms with Crippen LogP contribution in [0.25, 0.3) is 0 Å². The number of nitrogens with zero attached hydrogens (tertiary/aromatic N) is 2. The number of fused-ring (bicyclic) bond motifs is 4. The summed E-state index contributed by atoms with van der Waals surface area (Å²) < 4.78 is 26.8. The number of amides is 1. The number of likely N-dealkylation sites (tertiary alicyclic amines) is 1. The fourth-order valence-electron chi connectivity index (χ4n) is 5.58. The molecule has 1 amide bonds.